The third-order valence-corrected chi connectivity index (χ3v) is 2.14. The number of aryl methyl sites for hydroxylation is 1. The molecule has 0 radical (unpaired) electrons. The van der Waals surface area contributed by atoms with Gasteiger partial charge in [0.05, 0.1) is 16.3 Å². The first kappa shape index (κ1) is 13.8. The van der Waals surface area contributed by atoms with Crippen LogP contribution in [0.25, 0.3) is 0 Å². The maximum Gasteiger partial charge on any atom is 0.343 e. The molecule has 0 aromatic heterocycles. The largest absolute Gasteiger partial charge is 0.343 e. The molecule has 0 fully saturated rings. The Morgan fingerprint density at radius 2 is 2.00 bits per heavy atom. The highest BCUT2D eigenvalue weighted by molar-refractivity contribution is 6.33. The van der Waals surface area contributed by atoms with E-state index in [2.05, 4.69) is 10.8 Å². The molecule has 17 heavy (non-hydrogen) atoms. The van der Waals surface area contributed by atoms with Crippen molar-refractivity contribution in [2.75, 3.05) is 5.32 Å². The maximum absolute atomic E-state index is 11.5. The third-order valence-electron chi connectivity index (χ3n) is 1.82. The standard InChI is InChI=1S/C12H17ClN2O2/c1-8-5-6-10(9(13)7-8)14-11(16)15-17-12(2,3)4/h5-7H,1-4H3,(H2,14,15,16). The second-order valence-electron chi connectivity index (χ2n) is 4.75. The molecule has 0 aliphatic heterocycles. The molecule has 2 N–H and O–H groups in total. The number of urea groups is 1. The number of benzene rings is 1. The van der Waals surface area contributed by atoms with Crippen molar-refractivity contribution in [3.05, 3.63) is 28.8 Å². The lowest BCUT2D eigenvalue weighted by atomic mass is 10.2. The number of carbonyl (C=O) groups is 1. The van der Waals surface area contributed by atoms with E-state index in [0.29, 0.717) is 10.7 Å². The quantitative estimate of drug-likeness (QED) is 0.796. The molecule has 0 atom stereocenters. The number of carbonyl (C=O) groups excluding carboxylic acids is 1. The third kappa shape index (κ3) is 5.06. The van der Waals surface area contributed by atoms with Crippen LogP contribution in [0.2, 0.25) is 5.02 Å². The van der Waals surface area contributed by atoms with E-state index in [0.717, 1.165) is 5.56 Å². The number of hydroxylamine groups is 1. The first-order chi connectivity index (χ1) is 7.78. The Morgan fingerprint density at radius 3 is 2.53 bits per heavy atom. The lowest BCUT2D eigenvalue weighted by Crippen LogP contribution is -2.36. The molecule has 0 heterocycles. The zero-order valence-corrected chi connectivity index (χ0v) is 11.2. The minimum atomic E-state index is -0.453. The molecule has 1 rings (SSSR count). The number of anilines is 1. The summed E-state index contributed by atoms with van der Waals surface area (Å²) in [4.78, 5) is 16.6. The molecule has 94 valence electrons. The van der Waals surface area contributed by atoms with Gasteiger partial charge in [0.2, 0.25) is 0 Å². The average molecular weight is 257 g/mol. The summed E-state index contributed by atoms with van der Waals surface area (Å²) >= 11 is 5.98. The van der Waals surface area contributed by atoms with Crippen molar-refractivity contribution in [1.29, 1.82) is 0 Å². The molecule has 0 saturated heterocycles. The monoisotopic (exact) mass is 256 g/mol. The zero-order valence-electron chi connectivity index (χ0n) is 10.4. The second kappa shape index (κ2) is 5.38. The van der Waals surface area contributed by atoms with Gasteiger partial charge in [0.25, 0.3) is 0 Å². The number of nitrogens with one attached hydrogen (secondary N) is 2. The molecule has 0 saturated carbocycles. The van der Waals surface area contributed by atoms with E-state index in [-0.39, 0.29) is 0 Å². The highest BCUT2D eigenvalue weighted by atomic mass is 35.5. The van der Waals surface area contributed by atoms with Gasteiger partial charge >= 0.3 is 6.03 Å². The number of amides is 2. The molecule has 1 aromatic rings. The van der Waals surface area contributed by atoms with Crippen molar-refractivity contribution >= 4 is 23.3 Å². The normalized spacial score (nSPS) is 11.1. The van der Waals surface area contributed by atoms with Crippen molar-refractivity contribution in [1.82, 2.24) is 5.48 Å². The van der Waals surface area contributed by atoms with Crippen LogP contribution in [0.5, 0.6) is 0 Å². The number of rotatable bonds is 2. The van der Waals surface area contributed by atoms with Crippen LogP contribution >= 0.6 is 11.6 Å². The van der Waals surface area contributed by atoms with Crippen LogP contribution in [0, 0.1) is 6.92 Å². The van der Waals surface area contributed by atoms with Gasteiger partial charge in [0, 0.05) is 0 Å². The second-order valence-corrected chi connectivity index (χ2v) is 5.16. The molecule has 5 heteroatoms. The molecule has 2 amide bonds. The summed E-state index contributed by atoms with van der Waals surface area (Å²) in [6, 6.07) is 4.94. The number of halogens is 1. The van der Waals surface area contributed by atoms with Crippen molar-refractivity contribution < 1.29 is 9.63 Å². The van der Waals surface area contributed by atoms with Crippen LogP contribution in [0.3, 0.4) is 0 Å². The van der Waals surface area contributed by atoms with Gasteiger partial charge in [-0.15, -0.1) is 0 Å². The fourth-order valence-electron chi connectivity index (χ4n) is 1.07. The maximum atomic E-state index is 11.5. The summed E-state index contributed by atoms with van der Waals surface area (Å²) in [5.41, 5.74) is 3.45. The highest BCUT2D eigenvalue weighted by Crippen LogP contribution is 2.22. The van der Waals surface area contributed by atoms with Crippen molar-refractivity contribution in [3.8, 4) is 0 Å². The van der Waals surface area contributed by atoms with Crippen LogP contribution in [-0.2, 0) is 4.84 Å². The predicted molar refractivity (Wildman–Crippen MR) is 69.2 cm³/mol. The molecule has 1 aromatic carbocycles. The minimum absolute atomic E-state index is 0.436. The lowest BCUT2D eigenvalue weighted by molar-refractivity contribution is -0.0505. The lowest BCUT2D eigenvalue weighted by Gasteiger charge is -2.19. The van der Waals surface area contributed by atoms with Gasteiger partial charge in [-0.3, -0.25) is 4.84 Å². The topological polar surface area (TPSA) is 50.4 Å². The van der Waals surface area contributed by atoms with Crippen molar-refractivity contribution in [3.63, 3.8) is 0 Å². The minimum Gasteiger partial charge on any atom is -0.305 e. The van der Waals surface area contributed by atoms with Crippen molar-refractivity contribution in [2.24, 2.45) is 0 Å². The Kier molecular flexibility index (Phi) is 4.37. The smallest absolute Gasteiger partial charge is 0.305 e. The molecule has 0 unspecified atom stereocenters. The molecule has 4 nitrogen and oxygen atoms in total. The summed E-state index contributed by atoms with van der Waals surface area (Å²) in [6.45, 7) is 7.45. The van der Waals surface area contributed by atoms with Gasteiger partial charge in [-0.1, -0.05) is 17.7 Å². The van der Waals surface area contributed by atoms with Crippen molar-refractivity contribution in [2.45, 2.75) is 33.3 Å². The Balaban J connectivity index is 2.57. The van der Waals surface area contributed by atoms with E-state index in [4.69, 9.17) is 16.4 Å². The Labute approximate surface area is 106 Å². The van der Waals surface area contributed by atoms with E-state index < -0.39 is 11.6 Å². The van der Waals surface area contributed by atoms with Gasteiger partial charge in [0.15, 0.2) is 0 Å². The molecule has 0 spiro atoms. The Bertz CT molecular complexity index is 413. The fourth-order valence-corrected chi connectivity index (χ4v) is 1.35. The average Bonchev–Trinajstić information content (AvgIpc) is 2.18. The van der Waals surface area contributed by atoms with Gasteiger partial charge in [-0.05, 0) is 45.4 Å². The molecule has 0 aliphatic rings. The molecular weight excluding hydrogens is 240 g/mol. The summed E-state index contributed by atoms with van der Waals surface area (Å²) in [5, 5.41) is 3.10. The molecule has 0 aliphatic carbocycles. The van der Waals surface area contributed by atoms with Gasteiger partial charge in [-0.2, -0.15) is 0 Å². The summed E-state index contributed by atoms with van der Waals surface area (Å²) in [5.74, 6) is 0. The zero-order chi connectivity index (χ0) is 13.1. The van der Waals surface area contributed by atoms with Gasteiger partial charge in [0.1, 0.15) is 0 Å². The van der Waals surface area contributed by atoms with E-state index in [1.54, 1.807) is 12.1 Å². The van der Waals surface area contributed by atoms with E-state index >= 15 is 0 Å². The highest BCUT2D eigenvalue weighted by Gasteiger charge is 2.13. The number of hydrogen-bond acceptors (Lipinski definition) is 2. The predicted octanol–water partition coefficient (Wildman–Crippen LogP) is 3.50. The first-order valence-corrected chi connectivity index (χ1v) is 5.67. The fraction of sp³-hybridized carbons (Fsp3) is 0.417. The van der Waals surface area contributed by atoms with E-state index in [1.165, 1.54) is 0 Å². The summed E-state index contributed by atoms with van der Waals surface area (Å²) < 4.78 is 0. The summed E-state index contributed by atoms with van der Waals surface area (Å²) in [7, 11) is 0. The van der Waals surface area contributed by atoms with Crippen LogP contribution in [0.4, 0.5) is 10.5 Å². The molecular formula is C12H17ClN2O2. The van der Waals surface area contributed by atoms with Crippen LogP contribution in [0.15, 0.2) is 18.2 Å². The van der Waals surface area contributed by atoms with E-state index in [9.17, 15) is 4.79 Å². The van der Waals surface area contributed by atoms with Crippen LogP contribution < -0.4 is 10.8 Å². The Morgan fingerprint density at radius 1 is 1.35 bits per heavy atom. The van der Waals surface area contributed by atoms with Crippen LogP contribution in [0.1, 0.15) is 26.3 Å². The number of hydrogen-bond donors (Lipinski definition) is 2. The van der Waals surface area contributed by atoms with Gasteiger partial charge in [-0.25, -0.2) is 10.3 Å². The van der Waals surface area contributed by atoms with E-state index in [1.807, 2.05) is 33.8 Å². The Hall–Kier alpha value is -1.26. The van der Waals surface area contributed by atoms with Crippen LogP contribution in [-0.4, -0.2) is 11.6 Å². The first-order valence-electron chi connectivity index (χ1n) is 5.29. The van der Waals surface area contributed by atoms with Gasteiger partial charge < -0.3 is 5.32 Å². The molecule has 0 bridgehead atoms. The SMILES string of the molecule is Cc1ccc(NC(=O)NOC(C)(C)C)c(Cl)c1. The summed E-state index contributed by atoms with van der Waals surface area (Å²) in [6.07, 6.45) is 0.